The standard InChI is InChI=1S/C18H23ClN2O3S/c1-5-20-18-21(6-2)17(22)15(25-18)11-12-9-13(19)16(24-8-4)14(10-12)23-7-3/h9-11H,5-8H2,1-4H3/b15-11+,20-18?. The lowest BCUT2D eigenvalue weighted by atomic mass is 10.1. The van der Waals surface area contributed by atoms with Crippen molar-refractivity contribution in [3.05, 3.63) is 27.6 Å². The minimum atomic E-state index is -0.0392. The molecule has 1 aromatic carbocycles. The van der Waals surface area contributed by atoms with Gasteiger partial charge in [-0.15, -0.1) is 0 Å². The maximum absolute atomic E-state index is 12.6. The number of thioether (sulfide) groups is 1. The minimum absolute atomic E-state index is 0.0392. The fourth-order valence-electron chi connectivity index (χ4n) is 2.41. The van der Waals surface area contributed by atoms with Gasteiger partial charge in [-0.2, -0.15) is 0 Å². The van der Waals surface area contributed by atoms with Crippen LogP contribution in [0, 0.1) is 0 Å². The molecule has 1 aromatic rings. The Kier molecular flexibility index (Phi) is 7.20. The van der Waals surface area contributed by atoms with Crippen LogP contribution in [0.2, 0.25) is 5.02 Å². The Morgan fingerprint density at radius 3 is 2.52 bits per heavy atom. The number of amides is 1. The van der Waals surface area contributed by atoms with E-state index in [9.17, 15) is 4.79 Å². The van der Waals surface area contributed by atoms with E-state index in [1.54, 1.807) is 11.0 Å². The number of likely N-dealkylation sites (N-methyl/N-ethyl adjacent to an activating group) is 1. The number of rotatable bonds is 7. The van der Waals surface area contributed by atoms with Gasteiger partial charge in [0.25, 0.3) is 5.91 Å². The van der Waals surface area contributed by atoms with Crippen molar-refractivity contribution >= 4 is 40.5 Å². The van der Waals surface area contributed by atoms with Crippen LogP contribution in [0.3, 0.4) is 0 Å². The third kappa shape index (κ3) is 4.50. The number of amidine groups is 1. The zero-order chi connectivity index (χ0) is 18.4. The van der Waals surface area contributed by atoms with Crippen molar-refractivity contribution in [3.8, 4) is 11.5 Å². The highest BCUT2D eigenvalue weighted by Crippen LogP contribution is 2.39. The van der Waals surface area contributed by atoms with E-state index in [1.807, 2.05) is 39.8 Å². The Labute approximate surface area is 158 Å². The number of carbonyl (C=O) groups is 1. The lowest BCUT2D eigenvalue weighted by molar-refractivity contribution is -0.122. The molecule has 0 unspecified atom stereocenters. The van der Waals surface area contributed by atoms with E-state index in [-0.39, 0.29) is 5.91 Å². The second-order valence-electron chi connectivity index (χ2n) is 5.11. The zero-order valence-electron chi connectivity index (χ0n) is 15.0. The molecule has 0 radical (unpaired) electrons. The van der Waals surface area contributed by atoms with E-state index in [0.29, 0.717) is 47.7 Å². The number of carbonyl (C=O) groups excluding carboxylic acids is 1. The highest BCUT2D eigenvalue weighted by atomic mass is 35.5. The molecule has 136 valence electrons. The van der Waals surface area contributed by atoms with Crippen molar-refractivity contribution in [1.29, 1.82) is 0 Å². The number of hydrogen-bond acceptors (Lipinski definition) is 5. The van der Waals surface area contributed by atoms with Gasteiger partial charge in [0.05, 0.1) is 23.1 Å². The lowest BCUT2D eigenvalue weighted by Gasteiger charge is -2.13. The first-order valence-electron chi connectivity index (χ1n) is 8.40. The van der Waals surface area contributed by atoms with E-state index in [4.69, 9.17) is 21.1 Å². The van der Waals surface area contributed by atoms with E-state index in [1.165, 1.54) is 11.8 Å². The largest absolute Gasteiger partial charge is 0.490 e. The van der Waals surface area contributed by atoms with Crippen LogP contribution in [0.5, 0.6) is 11.5 Å². The molecule has 0 bridgehead atoms. The first kappa shape index (κ1) is 19.7. The van der Waals surface area contributed by atoms with Gasteiger partial charge < -0.3 is 9.47 Å². The Hall–Kier alpha value is -1.66. The van der Waals surface area contributed by atoms with Gasteiger partial charge in [0.15, 0.2) is 16.7 Å². The molecule has 0 aromatic heterocycles. The summed E-state index contributed by atoms with van der Waals surface area (Å²) in [6.45, 7) is 9.92. The highest BCUT2D eigenvalue weighted by molar-refractivity contribution is 8.18. The molecule has 5 nitrogen and oxygen atoms in total. The molecule has 0 atom stereocenters. The fourth-order valence-corrected chi connectivity index (χ4v) is 3.79. The Bertz CT molecular complexity index is 704. The summed E-state index contributed by atoms with van der Waals surface area (Å²) in [5.74, 6) is 1.07. The van der Waals surface area contributed by atoms with Gasteiger partial charge >= 0.3 is 0 Å². The fraction of sp³-hybridized carbons (Fsp3) is 0.444. The monoisotopic (exact) mass is 382 g/mol. The number of aliphatic imine (C=N–C) groups is 1. The summed E-state index contributed by atoms with van der Waals surface area (Å²) in [5, 5.41) is 1.20. The molecule has 2 rings (SSSR count). The van der Waals surface area contributed by atoms with Gasteiger partial charge in [-0.05, 0) is 63.2 Å². The van der Waals surface area contributed by atoms with Crippen LogP contribution in [0.15, 0.2) is 22.0 Å². The summed E-state index contributed by atoms with van der Waals surface area (Å²) >= 11 is 7.73. The molecule has 0 spiro atoms. The van der Waals surface area contributed by atoms with Crippen molar-refractivity contribution in [1.82, 2.24) is 4.90 Å². The minimum Gasteiger partial charge on any atom is -0.490 e. The van der Waals surface area contributed by atoms with Gasteiger partial charge in [-0.3, -0.25) is 14.7 Å². The molecule has 1 amide bonds. The van der Waals surface area contributed by atoms with E-state index < -0.39 is 0 Å². The molecule has 0 N–H and O–H groups in total. The van der Waals surface area contributed by atoms with Crippen molar-refractivity contribution in [2.45, 2.75) is 27.7 Å². The Morgan fingerprint density at radius 1 is 1.20 bits per heavy atom. The average molecular weight is 383 g/mol. The van der Waals surface area contributed by atoms with Gasteiger partial charge in [-0.25, -0.2) is 0 Å². The third-order valence-electron chi connectivity index (χ3n) is 3.42. The zero-order valence-corrected chi connectivity index (χ0v) is 16.5. The number of benzene rings is 1. The number of halogens is 1. The van der Waals surface area contributed by atoms with Crippen LogP contribution in [0.25, 0.3) is 6.08 Å². The highest BCUT2D eigenvalue weighted by Gasteiger charge is 2.31. The van der Waals surface area contributed by atoms with Crippen LogP contribution in [0.4, 0.5) is 0 Å². The van der Waals surface area contributed by atoms with Gasteiger partial charge in [0, 0.05) is 13.1 Å². The quantitative estimate of drug-likeness (QED) is 0.654. The second-order valence-corrected chi connectivity index (χ2v) is 6.53. The smallest absolute Gasteiger partial charge is 0.266 e. The van der Waals surface area contributed by atoms with Gasteiger partial charge in [0.1, 0.15) is 0 Å². The van der Waals surface area contributed by atoms with Crippen molar-refractivity contribution in [2.75, 3.05) is 26.3 Å². The average Bonchev–Trinajstić information content (AvgIpc) is 2.86. The molecule has 1 fully saturated rings. The first-order valence-corrected chi connectivity index (χ1v) is 9.60. The first-order chi connectivity index (χ1) is 12.0. The number of hydrogen-bond donors (Lipinski definition) is 0. The van der Waals surface area contributed by atoms with Crippen molar-refractivity contribution < 1.29 is 14.3 Å². The molecule has 25 heavy (non-hydrogen) atoms. The van der Waals surface area contributed by atoms with Crippen LogP contribution < -0.4 is 9.47 Å². The molecule has 1 aliphatic heterocycles. The topological polar surface area (TPSA) is 51.1 Å². The molecule has 1 aliphatic rings. The summed E-state index contributed by atoms with van der Waals surface area (Å²) in [7, 11) is 0. The predicted molar refractivity (Wildman–Crippen MR) is 105 cm³/mol. The maximum atomic E-state index is 12.6. The SMILES string of the molecule is CCN=C1S/C(=C/c2cc(Cl)c(OCC)c(OCC)c2)C(=O)N1CC. The van der Waals surface area contributed by atoms with Gasteiger partial charge in [0.2, 0.25) is 0 Å². The molecule has 7 heteroatoms. The van der Waals surface area contributed by atoms with Crippen LogP contribution in [-0.4, -0.2) is 42.3 Å². The van der Waals surface area contributed by atoms with Crippen LogP contribution >= 0.6 is 23.4 Å². The predicted octanol–water partition coefficient (Wildman–Crippen LogP) is 4.45. The van der Waals surface area contributed by atoms with E-state index >= 15 is 0 Å². The van der Waals surface area contributed by atoms with Crippen molar-refractivity contribution in [2.24, 2.45) is 4.99 Å². The Balaban J connectivity index is 2.40. The Morgan fingerprint density at radius 2 is 1.92 bits per heavy atom. The summed E-state index contributed by atoms with van der Waals surface area (Å²) < 4.78 is 11.2. The molecular weight excluding hydrogens is 360 g/mol. The molecular formula is C18H23ClN2O3S. The van der Waals surface area contributed by atoms with Gasteiger partial charge in [-0.1, -0.05) is 11.6 Å². The molecule has 1 heterocycles. The lowest BCUT2D eigenvalue weighted by Crippen LogP contribution is -2.28. The third-order valence-corrected chi connectivity index (χ3v) is 4.74. The van der Waals surface area contributed by atoms with E-state index in [0.717, 1.165) is 10.7 Å². The summed E-state index contributed by atoms with van der Waals surface area (Å²) in [4.78, 5) is 19.3. The second kappa shape index (κ2) is 9.15. The maximum Gasteiger partial charge on any atom is 0.266 e. The molecule has 0 saturated carbocycles. The number of nitrogens with zero attached hydrogens (tertiary/aromatic N) is 2. The van der Waals surface area contributed by atoms with Crippen LogP contribution in [0.1, 0.15) is 33.3 Å². The number of ether oxygens (including phenoxy) is 2. The summed E-state index contributed by atoms with van der Waals surface area (Å²) in [6, 6.07) is 3.62. The normalized spacial score (nSPS) is 17.6. The summed E-state index contributed by atoms with van der Waals surface area (Å²) in [5.41, 5.74) is 0.793. The molecule has 0 aliphatic carbocycles. The van der Waals surface area contributed by atoms with Crippen molar-refractivity contribution in [3.63, 3.8) is 0 Å². The molecule has 1 saturated heterocycles. The van der Waals surface area contributed by atoms with Crippen LogP contribution in [-0.2, 0) is 4.79 Å². The van der Waals surface area contributed by atoms with E-state index in [2.05, 4.69) is 4.99 Å². The summed E-state index contributed by atoms with van der Waals surface area (Å²) in [6.07, 6.45) is 1.82.